The van der Waals surface area contributed by atoms with Crippen molar-refractivity contribution in [1.29, 1.82) is 0 Å². The summed E-state index contributed by atoms with van der Waals surface area (Å²) in [4.78, 5) is 11.7. The first kappa shape index (κ1) is 12.9. The Morgan fingerprint density at radius 1 is 1.16 bits per heavy atom. The molecule has 0 unspecified atom stereocenters. The third-order valence-electron chi connectivity index (χ3n) is 2.62. The van der Waals surface area contributed by atoms with Crippen molar-refractivity contribution in [1.82, 2.24) is 5.32 Å². The zero-order chi connectivity index (χ0) is 13.8. The molecular weight excluding hydrogens is 249 g/mol. The number of rotatable bonds is 3. The number of carbonyl (C=O) groups excluding carboxylic acids is 1. The summed E-state index contributed by atoms with van der Waals surface area (Å²) in [7, 11) is 0. The molecule has 2 aromatic rings. The van der Waals surface area contributed by atoms with E-state index in [1.54, 1.807) is 6.07 Å². The summed E-state index contributed by atoms with van der Waals surface area (Å²) in [6, 6.07) is 9.60. The molecule has 0 spiro atoms. The molecule has 0 aromatic heterocycles. The molecule has 0 atom stereocenters. The summed E-state index contributed by atoms with van der Waals surface area (Å²) < 4.78 is 13.4. The number of benzene rings is 2. The predicted octanol–water partition coefficient (Wildman–Crippen LogP) is 2.17. The number of phenolic OH excluding ortho intramolecular Hbond substituents is 2. The number of carbonyl (C=O) groups is 1. The van der Waals surface area contributed by atoms with E-state index in [1.165, 1.54) is 36.4 Å². The van der Waals surface area contributed by atoms with Gasteiger partial charge in [-0.1, -0.05) is 12.1 Å². The van der Waals surface area contributed by atoms with E-state index in [9.17, 15) is 19.4 Å². The van der Waals surface area contributed by atoms with Gasteiger partial charge in [0.15, 0.2) is 0 Å². The molecule has 0 heterocycles. The molecule has 19 heavy (non-hydrogen) atoms. The van der Waals surface area contributed by atoms with Gasteiger partial charge < -0.3 is 15.5 Å². The van der Waals surface area contributed by atoms with E-state index in [0.717, 1.165) is 0 Å². The molecule has 0 saturated carbocycles. The van der Waals surface area contributed by atoms with E-state index >= 15 is 0 Å². The average Bonchev–Trinajstić information content (AvgIpc) is 2.40. The minimum atomic E-state index is -0.611. The van der Waals surface area contributed by atoms with Crippen LogP contribution >= 0.6 is 0 Å². The molecule has 2 rings (SSSR count). The van der Waals surface area contributed by atoms with Gasteiger partial charge in [-0.2, -0.15) is 0 Å². The molecule has 0 fully saturated rings. The van der Waals surface area contributed by atoms with Crippen LogP contribution in [0.5, 0.6) is 11.5 Å². The van der Waals surface area contributed by atoms with Gasteiger partial charge in [0.25, 0.3) is 5.91 Å². The van der Waals surface area contributed by atoms with Crippen LogP contribution in [0.25, 0.3) is 0 Å². The third kappa shape index (κ3) is 3.01. The molecule has 3 N–H and O–H groups in total. The minimum absolute atomic E-state index is 0.00655. The van der Waals surface area contributed by atoms with E-state index in [2.05, 4.69) is 5.32 Å². The van der Waals surface area contributed by atoms with Crippen molar-refractivity contribution in [3.63, 3.8) is 0 Å². The monoisotopic (exact) mass is 261 g/mol. The van der Waals surface area contributed by atoms with Gasteiger partial charge in [0.2, 0.25) is 0 Å². The predicted molar refractivity (Wildman–Crippen MR) is 67.3 cm³/mol. The number of hydrogen-bond acceptors (Lipinski definition) is 3. The van der Waals surface area contributed by atoms with Crippen molar-refractivity contribution >= 4 is 5.91 Å². The zero-order valence-corrected chi connectivity index (χ0v) is 9.93. The lowest BCUT2D eigenvalue weighted by Crippen LogP contribution is -2.23. The normalized spacial score (nSPS) is 10.2. The van der Waals surface area contributed by atoms with Crippen molar-refractivity contribution in [2.75, 3.05) is 0 Å². The zero-order valence-electron chi connectivity index (χ0n) is 9.93. The molecule has 2 aromatic carbocycles. The molecule has 0 aliphatic rings. The Morgan fingerprint density at radius 3 is 2.63 bits per heavy atom. The van der Waals surface area contributed by atoms with E-state index in [4.69, 9.17) is 0 Å². The highest BCUT2D eigenvalue weighted by molar-refractivity contribution is 5.94. The summed E-state index contributed by atoms with van der Waals surface area (Å²) in [5.74, 6) is -1.26. The molecule has 0 radical (unpaired) electrons. The van der Waals surface area contributed by atoms with Gasteiger partial charge in [-0.25, -0.2) is 4.39 Å². The topological polar surface area (TPSA) is 69.6 Å². The van der Waals surface area contributed by atoms with E-state index in [1.807, 2.05) is 0 Å². The van der Waals surface area contributed by atoms with Gasteiger partial charge in [-0.15, -0.1) is 0 Å². The van der Waals surface area contributed by atoms with Gasteiger partial charge >= 0.3 is 0 Å². The lowest BCUT2D eigenvalue weighted by atomic mass is 10.1. The second-order valence-corrected chi connectivity index (χ2v) is 3.98. The lowest BCUT2D eigenvalue weighted by molar-refractivity contribution is 0.0946. The molecule has 0 bridgehead atoms. The van der Waals surface area contributed by atoms with Crippen LogP contribution in [-0.4, -0.2) is 16.1 Å². The van der Waals surface area contributed by atoms with Crippen LogP contribution in [-0.2, 0) is 6.54 Å². The fraction of sp³-hybridized carbons (Fsp3) is 0.0714. The molecule has 0 aliphatic heterocycles. The van der Waals surface area contributed by atoms with Crippen molar-refractivity contribution in [3.8, 4) is 11.5 Å². The number of phenols is 2. The number of halogens is 1. The summed E-state index contributed by atoms with van der Waals surface area (Å²) in [5.41, 5.74) is 0.284. The van der Waals surface area contributed by atoms with Gasteiger partial charge in [0.1, 0.15) is 17.3 Å². The maximum atomic E-state index is 13.4. The molecule has 0 saturated heterocycles. The third-order valence-corrected chi connectivity index (χ3v) is 2.62. The smallest absolute Gasteiger partial charge is 0.254 e. The number of amides is 1. The SMILES string of the molecule is O=C(NCc1cc(O)ccc1O)c1ccccc1F. The second-order valence-electron chi connectivity index (χ2n) is 3.98. The first-order valence-corrected chi connectivity index (χ1v) is 5.61. The standard InChI is InChI=1S/C14H12FNO3/c15-12-4-2-1-3-11(12)14(19)16-8-9-7-10(17)5-6-13(9)18/h1-7,17-18H,8H2,(H,16,19). The highest BCUT2D eigenvalue weighted by atomic mass is 19.1. The largest absolute Gasteiger partial charge is 0.508 e. The van der Waals surface area contributed by atoms with Gasteiger partial charge in [-0.05, 0) is 30.3 Å². The van der Waals surface area contributed by atoms with Crippen molar-refractivity contribution in [3.05, 3.63) is 59.4 Å². The Morgan fingerprint density at radius 2 is 1.89 bits per heavy atom. The van der Waals surface area contributed by atoms with Crippen LogP contribution in [0.4, 0.5) is 4.39 Å². The Hall–Kier alpha value is -2.56. The van der Waals surface area contributed by atoms with E-state index in [0.29, 0.717) is 5.56 Å². The summed E-state index contributed by atoms with van der Waals surface area (Å²) >= 11 is 0. The number of aromatic hydroxyl groups is 2. The minimum Gasteiger partial charge on any atom is -0.508 e. The summed E-state index contributed by atoms with van der Waals surface area (Å²) in [5, 5.41) is 21.3. The highest BCUT2D eigenvalue weighted by Gasteiger charge is 2.11. The number of hydrogen-bond donors (Lipinski definition) is 3. The van der Waals surface area contributed by atoms with Crippen molar-refractivity contribution in [2.45, 2.75) is 6.54 Å². The summed E-state index contributed by atoms with van der Waals surface area (Å²) in [6.45, 7) is -0.00655. The van der Waals surface area contributed by atoms with Crippen LogP contribution in [0.3, 0.4) is 0 Å². The Balaban J connectivity index is 2.09. The van der Waals surface area contributed by atoms with Gasteiger partial charge in [0.05, 0.1) is 5.56 Å². The second kappa shape index (κ2) is 5.39. The van der Waals surface area contributed by atoms with E-state index < -0.39 is 11.7 Å². The molecule has 5 heteroatoms. The lowest BCUT2D eigenvalue weighted by Gasteiger charge is -2.08. The Labute approximate surface area is 109 Å². The Bertz CT molecular complexity index is 613. The maximum absolute atomic E-state index is 13.4. The van der Waals surface area contributed by atoms with Crippen molar-refractivity contribution in [2.24, 2.45) is 0 Å². The van der Waals surface area contributed by atoms with Crippen LogP contribution < -0.4 is 5.32 Å². The summed E-state index contributed by atoms with van der Waals surface area (Å²) in [6.07, 6.45) is 0. The average molecular weight is 261 g/mol. The quantitative estimate of drug-likeness (QED) is 0.741. The highest BCUT2D eigenvalue weighted by Crippen LogP contribution is 2.21. The molecular formula is C14H12FNO3. The molecule has 4 nitrogen and oxygen atoms in total. The van der Waals surface area contributed by atoms with E-state index in [-0.39, 0.29) is 23.6 Å². The molecule has 98 valence electrons. The van der Waals surface area contributed by atoms with Gasteiger partial charge in [-0.3, -0.25) is 4.79 Å². The molecule has 0 aliphatic carbocycles. The van der Waals surface area contributed by atoms with Crippen LogP contribution in [0.15, 0.2) is 42.5 Å². The van der Waals surface area contributed by atoms with Crippen LogP contribution in [0.2, 0.25) is 0 Å². The maximum Gasteiger partial charge on any atom is 0.254 e. The molecule has 1 amide bonds. The first-order chi connectivity index (χ1) is 9.08. The fourth-order valence-corrected chi connectivity index (χ4v) is 1.63. The van der Waals surface area contributed by atoms with Crippen LogP contribution in [0, 0.1) is 5.82 Å². The fourth-order valence-electron chi connectivity index (χ4n) is 1.63. The van der Waals surface area contributed by atoms with Gasteiger partial charge in [0, 0.05) is 12.1 Å². The van der Waals surface area contributed by atoms with Crippen molar-refractivity contribution < 1.29 is 19.4 Å². The number of nitrogens with one attached hydrogen (secondary N) is 1. The first-order valence-electron chi connectivity index (χ1n) is 5.61. The Kier molecular flexibility index (Phi) is 3.66. The van der Waals surface area contributed by atoms with Crippen LogP contribution in [0.1, 0.15) is 15.9 Å².